The van der Waals surface area contributed by atoms with Gasteiger partial charge in [-0.15, -0.1) is 0 Å². The standard InChI is InChI=1S/C22H31NO5S/c1-4-7-9-19(5-2)22(24)23(17-21-10-8-15-27-21)16-18-11-13-20(14-12-18)28-29(25,26)6-3/h8,10-15,19H,4-7,9,16-17H2,1-3H3/t19-/m1/s1. The van der Waals surface area contributed by atoms with Crippen LogP contribution in [0.4, 0.5) is 0 Å². The lowest BCUT2D eigenvalue weighted by atomic mass is 9.97. The predicted molar refractivity (Wildman–Crippen MR) is 113 cm³/mol. The van der Waals surface area contributed by atoms with Gasteiger partial charge in [0.15, 0.2) is 0 Å². The van der Waals surface area contributed by atoms with Crippen LogP contribution in [0.2, 0.25) is 0 Å². The molecule has 0 fully saturated rings. The van der Waals surface area contributed by atoms with Crippen molar-refractivity contribution in [3.05, 3.63) is 54.0 Å². The van der Waals surface area contributed by atoms with E-state index in [0.717, 1.165) is 37.0 Å². The van der Waals surface area contributed by atoms with Crippen LogP contribution in [0.25, 0.3) is 0 Å². The Labute approximate surface area is 174 Å². The SMILES string of the molecule is CCCC[C@@H](CC)C(=O)N(Cc1ccc(OS(=O)(=O)CC)cc1)Cc1ccco1. The molecule has 0 aliphatic rings. The van der Waals surface area contributed by atoms with Crippen molar-refractivity contribution in [3.8, 4) is 5.75 Å². The van der Waals surface area contributed by atoms with Crippen LogP contribution in [-0.2, 0) is 28.0 Å². The minimum atomic E-state index is -3.56. The van der Waals surface area contributed by atoms with E-state index in [1.54, 1.807) is 35.4 Å². The third-order valence-electron chi connectivity index (χ3n) is 4.86. The maximum absolute atomic E-state index is 13.2. The Bertz CT molecular complexity index is 844. The lowest BCUT2D eigenvalue weighted by Crippen LogP contribution is -2.35. The molecule has 0 bridgehead atoms. The summed E-state index contributed by atoms with van der Waals surface area (Å²) in [5, 5.41) is 0. The Morgan fingerprint density at radius 3 is 2.38 bits per heavy atom. The molecule has 0 aliphatic carbocycles. The second kappa shape index (κ2) is 11.0. The van der Waals surface area contributed by atoms with Crippen LogP contribution in [-0.4, -0.2) is 25.0 Å². The second-order valence-electron chi connectivity index (χ2n) is 7.09. The van der Waals surface area contributed by atoms with Crippen LogP contribution in [0.3, 0.4) is 0 Å². The van der Waals surface area contributed by atoms with Gasteiger partial charge < -0.3 is 13.5 Å². The minimum Gasteiger partial charge on any atom is -0.467 e. The van der Waals surface area contributed by atoms with Crippen LogP contribution < -0.4 is 4.18 Å². The largest absolute Gasteiger partial charge is 0.467 e. The van der Waals surface area contributed by atoms with Crippen molar-refractivity contribution < 1.29 is 21.8 Å². The summed E-state index contributed by atoms with van der Waals surface area (Å²) in [6, 6.07) is 10.5. The molecule has 29 heavy (non-hydrogen) atoms. The van der Waals surface area contributed by atoms with E-state index in [1.807, 2.05) is 19.1 Å². The second-order valence-corrected chi connectivity index (χ2v) is 8.95. The fraction of sp³-hybridized carbons (Fsp3) is 0.500. The molecule has 160 valence electrons. The molecule has 1 amide bonds. The lowest BCUT2D eigenvalue weighted by molar-refractivity contribution is -0.137. The van der Waals surface area contributed by atoms with Gasteiger partial charge >= 0.3 is 10.1 Å². The zero-order valence-electron chi connectivity index (χ0n) is 17.5. The van der Waals surface area contributed by atoms with Crippen molar-refractivity contribution in [3.63, 3.8) is 0 Å². The minimum absolute atomic E-state index is 0.0118. The predicted octanol–water partition coefficient (Wildman–Crippen LogP) is 4.75. The molecule has 1 aromatic heterocycles. The Kier molecular flexibility index (Phi) is 8.76. The fourth-order valence-corrected chi connectivity index (χ4v) is 3.61. The van der Waals surface area contributed by atoms with Crippen molar-refractivity contribution in [2.45, 2.75) is 59.5 Å². The van der Waals surface area contributed by atoms with Crippen molar-refractivity contribution in [2.75, 3.05) is 5.75 Å². The van der Waals surface area contributed by atoms with Gasteiger partial charge in [-0.2, -0.15) is 8.42 Å². The first kappa shape index (κ1) is 23.0. The summed E-state index contributed by atoms with van der Waals surface area (Å²) in [5.41, 5.74) is 0.900. The topological polar surface area (TPSA) is 76.8 Å². The molecule has 1 aromatic carbocycles. The quantitative estimate of drug-likeness (QED) is 0.462. The van der Waals surface area contributed by atoms with E-state index in [1.165, 1.54) is 6.92 Å². The first-order valence-electron chi connectivity index (χ1n) is 10.2. The highest BCUT2D eigenvalue weighted by molar-refractivity contribution is 7.87. The molecule has 0 saturated heterocycles. The number of amides is 1. The van der Waals surface area contributed by atoms with E-state index in [2.05, 4.69) is 6.92 Å². The van der Waals surface area contributed by atoms with Crippen LogP contribution >= 0.6 is 0 Å². The summed E-state index contributed by atoms with van der Waals surface area (Å²) in [5.74, 6) is 1.02. The summed E-state index contributed by atoms with van der Waals surface area (Å²) in [4.78, 5) is 15.0. The zero-order chi connectivity index (χ0) is 21.3. The average molecular weight is 422 g/mol. The van der Waals surface area contributed by atoms with Crippen molar-refractivity contribution in [1.82, 2.24) is 4.90 Å². The van der Waals surface area contributed by atoms with Crippen LogP contribution in [0.15, 0.2) is 47.1 Å². The van der Waals surface area contributed by atoms with Crippen LogP contribution in [0.5, 0.6) is 5.75 Å². The number of nitrogens with zero attached hydrogens (tertiary/aromatic N) is 1. The number of hydrogen-bond donors (Lipinski definition) is 0. The van der Waals surface area contributed by atoms with Gasteiger partial charge in [-0.05, 0) is 49.6 Å². The molecule has 0 N–H and O–H groups in total. The summed E-state index contributed by atoms with van der Waals surface area (Å²) >= 11 is 0. The van der Waals surface area contributed by atoms with E-state index in [0.29, 0.717) is 13.1 Å². The lowest BCUT2D eigenvalue weighted by Gasteiger charge is -2.26. The van der Waals surface area contributed by atoms with E-state index in [4.69, 9.17) is 8.60 Å². The van der Waals surface area contributed by atoms with Gasteiger partial charge in [-0.1, -0.05) is 38.8 Å². The Morgan fingerprint density at radius 1 is 1.10 bits per heavy atom. The van der Waals surface area contributed by atoms with E-state index in [-0.39, 0.29) is 23.3 Å². The normalized spacial score (nSPS) is 12.5. The van der Waals surface area contributed by atoms with Gasteiger partial charge in [0, 0.05) is 12.5 Å². The van der Waals surface area contributed by atoms with Gasteiger partial charge in [-0.3, -0.25) is 4.79 Å². The smallest absolute Gasteiger partial charge is 0.308 e. The zero-order valence-corrected chi connectivity index (χ0v) is 18.3. The first-order chi connectivity index (χ1) is 13.9. The highest BCUT2D eigenvalue weighted by Crippen LogP contribution is 2.21. The molecule has 0 unspecified atom stereocenters. The molecule has 0 spiro atoms. The van der Waals surface area contributed by atoms with E-state index >= 15 is 0 Å². The molecular weight excluding hydrogens is 390 g/mol. The molecule has 0 aliphatic heterocycles. The maximum Gasteiger partial charge on any atom is 0.308 e. The maximum atomic E-state index is 13.2. The van der Waals surface area contributed by atoms with Crippen LogP contribution in [0.1, 0.15) is 57.8 Å². The molecule has 0 radical (unpaired) electrons. The van der Waals surface area contributed by atoms with Gasteiger partial charge in [0.2, 0.25) is 5.91 Å². The molecule has 2 rings (SSSR count). The Balaban J connectivity index is 2.15. The number of rotatable bonds is 12. The van der Waals surface area contributed by atoms with Gasteiger partial charge in [0.25, 0.3) is 0 Å². The van der Waals surface area contributed by atoms with Crippen molar-refractivity contribution in [1.29, 1.82) is 0 Å². The summed E-state index contributed by atoms with van der Waals surface area (Å²) in [6.07, 6.45) is 5.37. The number of benzene rings is 1. The molecule has 2 aromatic rings. The number of carbonyl (C=O) groups is 1. The molecule has 7 heteroatoms. The van der Waals surface area contributed by atoms with Gasteiger partial charge in [0.05, 0.1) is 18.6 Å². The monoisotopic (exact) mass is 421 g/mol. The fourth-order valence-electron chi connectivity index (χ4n) is 3.09. The molecule has 6 nitrogen and oxygen atoms in total. The molecule has 0 saturated carbocycles. The van der Waals surface area contributed by atoms with E-state index < -0.39 is 10.1 Å². The van der Waals surface area contributed by atoms with E-state index in [9.17, 15) is 13.2 Å². The highest BCUT2D eigenvalue weighted by atomic mass is 32.2. The molecule has 1 atom stereocenters. The number of carbonyl (C=O) groups excluding carboxylic acids is 1. The Hall–Kier alpha value is -2.28. The van der Waals surface area contributed by atoms with Crippen LogP contribution in [0, 0.1) is 5.92 Å². The molecule has 1 heterocycles. The summed E-state index contributed by atoms with van der Waals surface area (Å²) in [7, 11) is -3.56. The molecular formula is C22H31NO5S. The van der Waals surface area contributed by atoms with Gasteiger partial charge in [0.1, 0.15) is 11.5 Å². The highest BCUT2D eigenvalue weighted by Gasteiger charge is 2.23. The first-order valence-corrected chi connectivity index (χ1v) is 11.8. The Morgan fingerprint density at radius 2 is 1.83 bits per heavy atom. The van der Waals surface area contributed by atoms with Gasteiger partial charge in [-0.25, -0.2) is 0 Å². The third-order valence-corrected chi connectivity index (χ3v) is 6.01. The van der Waals surface area contributed by atoms with Crippen molar-refractivity contribution >= 4 is 16.0 Å². The third kappa shape index (κ3) is 7.24. The summed E-state index contributed by atoms with van der Waals surface area (Å²) < 4.78 is 33.7. The summed E-state index contributed by atoms with van der Waals surface area (Å²) in [6.45, 7) is 6.52. The number of unbranched alkanes of at least 4 members (excludes halogenated alkanes) is 1. The van der Waals surface area contributed by atoms with Crippen molar-refractivity contribution in [2.24, 2.45) is 5.92 Å². The number of furan rings is 1. The average Bonchev–Trinajstić information content (AvgIpc) is 3.22. The number of hydrogen-bond acceptors (Lipinski definition) is 5.